The number of carbonyl (C=O) groups excluding carboxylic acids is 1. The summed E-state index contributed by atoms with van der Waals surface area (Å²) >= 11 is 1.22. The fraction of sp³-hybridized carbons (Fsp3) is 0.0667. The van der Waals surface area contributed by atoms with Crippen molar-refractivity contribution in [3.05, 3.63) is 66.1 Å². The van der Waals surface area contributed by atoms with Crippen LogP contribution in [-0.2, 0) is 6.54 Å². The molecule has 6 heteroatoms. The lowest BCUT2D eigenvalue weighted by Gasteiger charge is -2.04. The SMILES string of the molecule is O=C(NCc1cccnc1)c1nnsc1-c1ccccc1. The zero-order valence-corrected chi connectivity index (χ0v) is 11.9. The van der Waals surface area contributed by atoms with E-state index in [9.17, 15) is 4.79 Å². The van der Waals surface area contributed by atoms with Crippen molar-refractivity contribution in [1.29, 1.82) is 0 Å². The Labute approximate surface area is 125 Å². The summed E-state index contributed by atoms with van der Waals surface area (Å²) in [6.07, 6.45) is 3.42. The van der Waals surface area contributed by atoms with Crippen LogP contribution in [0.15, 0.2) is 54.9 Å². The number of nitrogens with zero attached hydrogens (tertiary/aromatic N) is 3. The van der Waals surface area contributed by atoms with Crippen molar-refractivity contribution in [2.75, 3.05) is 0 Å². The molecule has 0 fully saturated rings. The second-order valence-electron chi connectivity index (χ2n) is 4.36. The molecule has 3 aromatic rings. The number of amides is 1. The Morgan fingerprint density at radius 2 is 2.00 bits per heavy atom. The first kappa shape index (κ1) is 13.4. The van der Waals surface area contributed by atoms with Gasteiger partial charge >= 0.3 is 0 Å². The molecule has 0 spiro atoms. The minimum absolute atomic E-state index is 0.230. The molecular formula is C15H12N4OS. The molecule has 1 N–H and O–H groups in total. The summed E-state index contributed by atoms with van der Waals surface area (Å²) in [6, 6.07) is 13.4. The average molecular weight is 296 g/mol. The first-order valence-corrected chi connectivity index (χ1v) is 7.17. The van der Waals surface area contributed by atoms with Gasteiger partial charge in [-0.25, -0.2) is 0 Å². The number of pyridine rings is 1. The van der Waals surface area contributed by atoms with Crippen LogP contribution in [0.1, 0.15) is 16.1 Å². The van der Waals surface area contributed by atoms with Gasteiger partial charge in [-0.05, 0) is 28.7 Å². The highest BCUT2D eigenvalue weighted by Gasteiger charge is 2.17. The molecule has 1 aromatic carbocycles. The molecule has 2 heterocycles. The Balaban J connectivity index is 1.76. The molecule has 0 radical (unpaired) electrons. The molecule has 3 rings (SSSR count). The number of carbonyl (C=O) groups is 1. The first-order valence-electron chi connectivity index (χ1n) is 6.39. The van der Waals surface area contributed by atoms with E-state index < -0.39 is 0 Å². The maximum absolute atomic E-state index is 12.2. The van der Waals surface area contributed by atoms with Crippen LogP contribution >= 0.6 is 11.5 Å². The van der Waals surface area contributed by atoms with Gasteiger partial charge in [-0.15, -0.1) is 5.10 Å². The van der Waals surface area contributed by atoms with Gasteiger partial charge < -0.3 is 5.32 Å². The molecule has 0 saturated heterocycles. The molecule has 0 aliphatic rings. The summed E-state index contributed by atoms with van der Waals surface area (Å²) < 4.78 is 3.89. The Kier molecular flexibility index (Phi) is 3.97. The standard InChI is InChI=1S/C15H12N4OS/c20-15(17-10-11-5-4-8-16-9-11)13-14(21-19-18-13)12-6-2-1-3-7-12/h1-9H,10H2,(H,17,20). The van der Waals surface area contributed by atoms with Crippen LogP contribution < -0.4 is 5.32 Å². The lowest BCUT2D eigenvalue weighted by molar-refractivity contribution is 0.0946. The monoisotopic (exact) mass is 296 g/mol. The van der Waals surface area contributed by atoms with Crippen LogP contribution in [0.5, 0.6) is 0 Å². The third-order valence-corrected chi connectivity index (χ3v) is 3.69. The summed E-state index contributed by atoms with van der Waals surface area (Å²) in [4.78, 5) is 17.0. The second-order valence-corrected chi connectivity index (χ2v) is 5.11. The predicted molar refractivity (Wildman–Crippen MR) is 80.8 cm³/mol. The summed E-state index contributed by atoms with van der Waals surface area (Å²) in [5.74, 6) is -0.230. The zero-order valence-electron chi connectivity index (χ0n) is 11.1. The van der Waals surface area contributed by atoms with Gasteiger partial charge in [-0.1, -0.05) is 40.9 Å². The fourth-order valence-corrected chi connectivity index (χ4v) is 2.55. The molecule has 104 valence electrons. The zero-order chi connectivity index (χ0) is 14.5. The normalized spacial score (nSPS) is 10.3. The quantitative estimate of drug-likeness (QED) is 0.803. The highest BCUT2D eigenvalue weighted by Crippen LogP contribution is 2.25. The Bertz CT molecular complexity index is 728. The van der Waals surface area contributed by atoms with Crippen LogP contribution in [0.4, 0.5) is 0 Å². The van der Waals surface area contributed by atoms with Gasteiger partial charge in [0.1, 0.15) is 0 Å². The number of hydrogen-bond donors (Lipinski definition) is 1. The van der Waals surface area contributed by atoms with E-state index in [0.29, 0.717) is 12.2 Å². The predicted octanol–water partition coefficient (Wildman–Crippen LogP) is 2.53. The van der Waals surface area contributed by atoms with E-state index in [1.807, 2.05) is 42.5 Å². The molecular weight excluding hydrogens is 284 g/mol. The minimum atomic E-state index is -0.230. The molecule has 0 atom stereocenters. The maximum atomic E-state index is 12.2. The van der Waals surface area contributed by atoms with Gasteiger partial charge in [-0.2, -0.15) is 0 Å². The lowest BCUT2D eigenvalue weighted by atomic mass is 10.1. The van der Waals surface area contributed by atoms with E-state index in [-0.39, 0.29) is 5.91 Å². The number of aromatic nitrogens is 3. The Hall–Kier alpha value is -2.60. The highest BCUT2D eigenvalue weighted by atomic mass is 32.1. The Morgan fingerprint density at radius 1 is 1.14 bits per heavy atom. The lowest BCUT2D eigenvalue weighted by Crippen LogP contribution is -2.23. The summed E-state index contributed by atoms with van der Waals surface area (Å²) in [5, 5.41) is 6.78. The summed E-state index contributed by atoms with van der Waals surface area (Å²) in [6.45, 7) is 0.415. The molecule has 0 bridgehead atoms. The van der Waals surface area contributed by atoms with E-state index in [0.717, 1.165) is 16.0 Å². The fourth-order valence-electron chi connectivity index (χ4n) is 1.89. The van der Waals surface area contributed by atoms with Crippen molar-refractivity contribution in [2.24, 2.45) is 0 Å². The number of rotatable bonds is 4. The van der Waals surface area contributed by atoms with Crippen molar-refractivity contribution in [1.82, 2.24) is 19.9 Å². The van der Waals surface area contributed by atoms with Crippen LogP contribution in [0.2, 0.25) is 0 Å². The van der Waals surface area contributed by atoms with E-state index >= 15 is 0 Å². The van der Waals surface area contributed by atoms with Crippen LogP contribution in [-0.4, -0.2) is 20.5 Å². The van der Waals surface area contributed by atoms with Gasteiger partial charge in [-0.3, -0.25) is 9.78 Å². The third kappa shape index (κ3) is 3.11. The van der Waals surface area contributed by atoms with E-state index in [1.54, 1.807) is 12.4 Å². The average Bonchev–Trinajstić information content (AvgIpc) is 3.04. The van der Waals surface area contributed by atoms with Gasteiger partial charge in [0.25, 0.3) is 5.91 Å². The summed E-state index contributed by atoms with van der Waals surface area (Å²) in [7, 11) is 0. The molecule has 0 aliphatic carbocycles. The second kappa shape index (κ2) is 6.23. The number of benzene rings is 1. The number of hydrogen-bond acceptors (Lipinski definition) is 5. The van der Waals surface area contributed by atoms with E-state index in [1.165, 1.54) is 11.5 Å². The van der Waals surface area contributed by atoms with Crippen molar-refractivity contribution < 1.29 is 4.79 Å². The van der Waals surface area contributed by atoms with Crippen LogP contribution in [0.3, 0.4) is 0 Å². The highest BCUT2D eigenvalue weighted by molar-refractivity contribution is 7.09. The Morgan fingerprint density at radius 3 is 2.76 bits per heavy atom. The smallest absolute Gasteiger partial charge is 0.273 e. The van der Waals surface area contributed by atoms with Gasteiger partial charge in [0.2, 0.25) is 0 Å². The van der Waals surface area contributed by atoms with Gasteiger partial charge in [0, 0.05) is 18.9 Å². The van der Waals surface area contributed by atoms with Crippen molar-refractivity contribution in [3.63, 3.8) is 0 Å². The largest absolute Gasteiger partial charge is 0.346 e. The summed E-state index contributed by atoms with van der Waals surface area (Å²) in [5.41, 5.74) is 2.24. The van der Waals surface area contributed by atoms with Crippen molar-refractivity contribution in [2.45, 2.75) is 6.54 Å². The van der Waals surface area contributed by atoms with Gasteiger partial charge in [0.15, 0.2) is 5.69 Å². The molecule has 0 aliphatic heterocycles. The van der Waals surface area contributed by atoms with Crippen LogP contribution in [0.25, 0.3) is 10.4 Å². The van der Waals surface area contributed by atoms with Crippen molar-refractivity contribution >= 4 is 17.4 Å². The molecule has 5 nitrogen and oxygen atoms in total. The first-order chi connectivity index (χ1) is 10.3. The number of nitrogens with one attached hydrogen (secondary N) is 1. The minimum Gasteiger partial charge on any atom is -0.346 e. The van der Waals surface area contributed by atoms with E-state index in [4.69, 9.17) is 0 Å². The molecule has 0 saturated carbocycles. The van der Waals surface area contributed by atoms with Crippen LogP contribution in [0, 0.1) is 0 Å². The van der Waals surface area contributed by atoms with Gasteiger partial charge in [0.05, 0.1) is 4.88 Å². The maximum Gasteiger partial charge on any atom is 0.273 e. The van der Waals surface area contributed by atoms with Crippen molar-refractivity contribution in [3.8, 4) is 10.4 Å². The molecule has 21 heavy (non-hydrogen) atoms. The molecule has 0 unspecified atom stereocenters. The van der Waals surface area contributed by atoms with E-state index in [2.05, 4.69) is 19.9 Å². The third-order valence-electron chi connectivity index (χ3n) is 2.91. The molecule has 2 aromatic heterocycles. The topological polar surface area (TPSA) is 67.8 Å². The molecule has 1 amide bonds.